The van der Waals surface area contributed by atoms with E-state index in [0.29, 0.717) is 18.4 Å². The quantitative estimate of drug-likeness (QED) is 0.418. The van der Waals surface area contributed by atoms with Crippen LogP contribution >= 0.6 is 0 Å². The van der Waals surface area contributed by atoms with Gasteiger partial charge in [0.1, 0.15) is 6.10 Å². The standard InChI is InChI=1S/C20H30O4/c1-12-7-5-9-13(2)17-18-15(14(3)19(21)24-18)11-16(23-17)20(4,22)10-6-8-12/h8,13,15-18,22H,3,5-7,9-11H2,1-2,4H3/b12-8-/t13-,15+,16+,17+,18+,20-/m1/s1. The van der Waals surface area contributed by atoms with E-state index in [2.05, 4.69) is 26.5 Å². The van der Waals surface area contributed by atoms with Crippen LogP contribution in [0.4, 0.5) is 0 Å². The van der Waals surface area contributed by atoms with E-state index in [4.69, 9.17) is 9.47 Å². The Bertz CT molecular complexity index is 548. The molecule has 0 aromatic heterocycles. The van der Waals surface area contributed by atoms with Crippen LogP contribution in [0.2, 0.25) is 0 Å². The number of fused-ring (bicyclic) bond motifs is 4. The highest BCUT2D eigenvalue weighted by molar-refractivity contribution is 5.90. The SMILES string of the molecule is C=C1C(=O)O[C@@H]2[C@H]3O[C@@H](C[C@@H]12)[C@](C)(O)CC/C=C(/C)CCC[C@H]3C. The Morgan fingerprint density at radius 3 is 2.88 bits per heavy atom. The maximum absolute atomic E-state index is 12.0. The Labute approximate surface area is 144 Å². The average molecular weight is 334 g/mol. The molecule has 0 amide bonds. The van der Waals surface area contributed by atoms with Crippen LogP contribution in [0.15, 0.2) is 23.8 Å². The minimum Gasteiger partial charge on any atom is -0.456 e. The van der Waals surface area contributed by atoms with Gasteiger partial charge >= 0.3 is 5.97 Å². The highest BCUT2D eigenvalue weighted by atomic mass is 16.6. The van der Waals surface area contributed by atoms with Crippen LogP contribution in [0, 0.1) is 11.8 Å². The molecule has 6 atom stereocenters. The fourth-order valence-corrected chi connectivity index (χ4v) is 4.36. The summed E-state index contributed by atoms with van der Waals surface area (Å²) in [6.45, 7) is 10.1. The van der Waals surface area contributed by atoms with Crippen molar-refractivity contribution in [1.82, 2.24) is 0 Å². The number of hydrogen-bond donors (Lipinski definition) is 1. The second kappa shape index (κ2) is 6.64. The highest BCUT2D eigenvalue weighted by Crippen LogP contribution is 2.44. The molecule has 2 saturated heterocycles. The van der Waals surface area contributed by atoms with Crippen LogP contribution in [0.25, 0.3) is 0 Å². The molecule has 2 bridgehead atoms. The lowest BCUT2D eigenvalue weighted by Gasteiger charge is -2.45. The number of carbonyl (C=O) groups is 1. The molecule has 3 heterocycles. The number of ether oxygens (including phenoxy) is 2. The minimum absolute atomic E-state index is 0.0320. The van der Waals surface area contributed by atoms with Crippen molar-refractivity contribution in [3.8, 4) is 0 Å². The minimum atomic E-state index is -0.912. The first kappa shape index (κ1) is 17.7. The van der Waals surface area contributed by atoms with Crippen molar-refractivity contribution in [2.24, 2.45) is 11.8 Å². The molecule has 3 aliphatic rings. The fourth-order valence-electron chi connectivity index (χ4n) is 4.36. The Morgan fingerprint density at radius 2 is 2.12 bits per heavy atom. The van der Waals surface area contributed by atoms with Crippen molar-refractivity contribution >= 4 is 5.97 Å². The first-order valence-electron chi connectivity index (χ1n) is 9.23. The van der Waals surface area contributed by atoms with E-state index in [-0.39, 0.29) is 36.1 Å². The predicted octanol–water partition coefficient (Wildman–Crippen LogP) is 3.54. The number of aliphatic hydroxyl groups is 1. The van der Waals surface area contributed by atoms with Gasteiger partial charge in [-0.3, -0.25) is 0 Å². The molecule has 3 aliphatic heterocycles. The number of allylic oxidation sites excluding steroid dienone is 2. The summed E-state index contributed by atoms with van der Waals surface area (Å²) < 4.78 is 11.9. The molecular weight excluding hydrogens is 304 g/mol. The molecule has 24 heavy (non-hydrogen) atoms. The van der Waals surface area contributed by atoms with Crippen molar-refractivity contribution in [2.75, 3.05) is 0 Å². The van der Waals surface area contributed by atoms with Gasteiger partial charge in [0.25, 0.3) is 0 Å². The van der Waals surface area contributed by atoms with Crippen molar-refractivity contribution in [1.29, 1.82) is 0 Å². The summed E-state index contributed by atoms with van der Waals surface area (Å²) in [6, 6.07) is 0. The van der Waals surface area contributed by atoms with Crippen LogP contribution in [0.5, 0.6) is 0 Å². The first-order chi connectivity index (χ1) is 11.3. The third kappa shape index (κ3) is 3.31. The number of carbonyl (C=O) groups excluding carboxylic acids is 1. The van der Waals surface area contributed by atoms with Crippen molar-refractivity contribution in [2.45, 2.75) is 83.2 Å². The van der Waals surface area contributed by atoms with E-state index < -0.39 is 5.60 Å². The van der Waals surface area contributed by atoms with Gasteiger partial charge in [0, 0.05) is 11.5 Å². The summed E-state index contributed by atoms with van der Waals surface area (Å²) in [5.74, 6) is -0.0506. The molecule has 0 aliphatic carbocycles. The van der Waals surface area contributed by atoms with Crippen LogP contribution in [-0.2, 0) is 14.3 Å². The van der Waals surface area contributed by atoms with E-state index in [0.717, 1.165) is 25.7 Å². The highest BCUT2D eigenvalue weighted by Gasteiger charge is 2.53. The molecule has 0 radical (unpaired) electrons. The molecule has 0 aromatic carbocycles. The number of rotatable bonds is 0. The van der Waals surface area contributed by atoms with Gasteiger partial charge in [0.15, 0.2) is 0 Å². The monoisotopic (exact) mass is 334 g/mol. The summed E-state index contributed by atoms with van der Waals surface area (Å²) in [6.07, 6.45) is 6.87. The summed E-state index contributed by atoms with van der Waals surface area (Å²) in [4.78, 5) is 12.0. The van der Waals surface area contributed by atoms with Gasteiger partial charge in [0.05, 0.1) is 17.8 Å². The van der Waals surface area contributed by atoms with Gasteiger partial charge in [0.2, 0.25) is 0 Å². The Balaban J connectivity index is 1.90. The van der Waals surface area contributed by atoms with Crippen molar-refractivity contribution in [3.63, 3.8) is 0 Å². The topological polar surface area (TPSA) is 55.8 Å². The van der Waals surface area contributed by atoms with E-state index in [1.807, 2.05) is 6.92 Å². The number of esters is 1. The third-order valence-corrected chi connectivity index (χ3v) is 6.09. The van der Waals surface area contributed by atoms with Gasteiger partial charge < -0.3 is 14.6 Å². The summed E-state index contributed by atoms with van der Waals surface area (Å²) >= 11 is 0. The lowest BCUT2D eigenvalue weighted by atomic mass is 9.76. The molecule has 0 aromatic rings. The lowest BCUT2D eigenvalue weighted by molar-refractivity contribution is -0.208. The van der Waals surface area contributed by atoms with E-state index in [9.17, 15) is 9.90 Å². The molecular formula is C20H30O4. The molecule has 0 spiro atoms. The zero-order valence-electron chi connectivity index (χ0n) is 15.1. The lowest BCUT2D eigenvalue weighted by Crippen LogP contribution is -2.54. The molecule has 4 heteroatoms. The molecule has 2 fully saturated rings. The van der Waals surface area contributed by atoms with Crippen molar-refractivity contribution in [3.05, 3.63) is 23.8 Å². The molecule has 0 unspecified atom stereocenters. The van der Waals surface area contributed by atoms with E-state index in [1.165, 1.54) is 5.57 Å². The second-order valence-electron chi connectivity index (χ2n) is 8.14. The third-order valence-electron chi connectivity index (χ3n) is 6.09. The fraction of sp³-hybridized carbons (Fsp3) is 0.750. The Hall–Kier alpha value is -1.13. The number of hydrogen-bond acceptors (Lipinski definition) is 4. The second-order valence-corrected chi connectivity index (χ2v) is 8.14. The van der Waals surface area contributed by atoms with Gasteiger partial charge in [-0.1, -0.05) is 25.2 Å². The summed E-state index contributed by atoms with van der Waals surface area (Å²) in [5, 5.41) is 11.0. The molecule has 134 valence electrons. The average Bonchev–Trinajstić information content (AvgIpc) is 2.80. The van der Waals surface area contributed by atoms with Crippen molar-refractivity contribution < 1.29 is 19.4 Å². The van der Waals surface area contributed by atoms with Crippen LogP contribution in [0.3, 0.4) is 0 Å². The van der Waals surface area contributed by atoms with E-state index >= 15 is 0 Å². The summed E-state index contributed by atoms with van der Waals surface area (Å²) in [5.41, 5.74) is 1.03. The maximum Gasteiger partial charge on any atom is 0.334 e. The molecule has 4 nitrogen and oxygen atoms in total. The van der Waals surface area contributed by atoms with Crippen LogP contribution in [-0.4, -0.2) is 35.0 Å². The Kier molecular flexibility index (Phi) is 4.89. The van der Waals surface area contributed by atoms with Gasteiger partial charge in [-0.15, -0.1) is 0 Å². The first-order valence-corrected chi connectivity index (χ1v) is 9.23. The largest absolute Gasteiger partial charge is 0.456 e. The van der Waals surface area contributed by atoms with E-state index in [1.54, 1.807) is 0 Å². The maximum atomic E-state index is 12.0. The molecule has 3 rings (SSSR count). The normalized spacial score (nSPS) is 46.2. The molecule has 1 N–H and O–H groups in total. The van der Waals surface area contributed by atoms with Gasteiger partial charge in [-0.05, 0) is 58.3 Å². The molecule has 0 saturated carbocycles. The van der Waals surface area contributed by atoms with Gasteiger partial charge in [-0.25, -0.2) is 4.79 Å². The zero-order valence-corrected chi connectivity index (χ0v) is 15.1. The predicted molar refractivity (Wildman–Crippen MR) is 92.4 cm³/mol. The zero-order chi connectivity index (χ0) is 17.5. The summed E-state index contributed by atoms with van der Waals surface area (Å²) in [7, 11) is 0. The Morgan fingerprint density at radius 1 is 1.38 bits per heavy atom. The van der Waals surface area contributed by atoms with Crippen LogP contribution < -0.4 is 0 Å². The smallest absolute Gasteiger partial charge is 0.334 e. The van der Waals surface area contributed by atoms with Gasteiger partial charge in [-0.2, -0.15) is 0 Å². The van der Waals surface area contributed by atoms with Crippen LogP contribution in [0.1, 0.15) is 59.3 Å².